The Morgan fingerprint density at radius 2 is 1.78 bits per heavy atom. The van der Waals surface area contributed by atoms with Gasteiger partial charge in [-0.3, -0.25) is 0 Å². The molecule has 2 bridgehead atoms. The number of anilines is 1. The molecule has 0 radical (unpaired) electrons. The van der Waals surface area contributed by atoms with Crippen molar-refractivity contribution in [2.75, 3.05) is 18.4 Å². The van der Waals surface area contributed by atoms with Crippen molar-refractivity contribution in [3.63, 3.8) is 0 Å². The average molecular weight is 514 g/mol. The van der Waals surface area contributed by atoms with Gasteiger partial charge in [0.2, 0.25) is 5.95 Å². The minimum Gasteiger partial charge on any atom is -0.444 e. The van der Waals surface area contributed by atoms with Gasteiger partial charge in [-0.05, 0) is 71.4 Å². The number of piperidine rings is 1. The molecule has 1 aromatic carbocycles. The molecule has 1 saturated carbocycles. The zero-order valence-electron chi connectivity index (χ0n) is 20.9. The number of carbonyl (C=O) groups is 1. The molecule has 4 rings (SSSR count). The molecule has 3 atom stereocenters. The van der Waals surface area contributed by atoms with E-state index in [0.29, 0.717) is 19.2 Å². The van der Waals surface area contributed by atoms with Gasteiger partial charge in [0, 0.05) is 19.1 Å². The predicted molar refractivity (Wildman–Crippen MR) is 123 cm³/mol. The lowest BCUT2D eigenvalue weighted by Crippen LogP contribution is -2.51. The van der Waals surface area contributed by atoms with Gasteiger partial charge in [0.1, 0.15) is 5.60 Å². The van der Waals surface area contributed by atoms with E-state index in [2.05, 4.69) is 15.4 Å². The SMILES string of the molecule is CC(C)n1nc(N[C@@H]2[C@@H]3CC[C@H]2CN(C(=O)OC(C)(C)C)C3)nc1Oc1cccc(C(F)(F)F)c1F. The monoisotopic (exact) mass is 513 g/mol. The molecule has 0 spiro atoms. The minimum absolute atomic E-state index is 0.00448. The second-order valence-corrected chi connectivity index (χ2v) is 10.6. The topological polar surface area (TPSA) is 81.5 Å². The van der Waals surface area contributed by atoms with Gasteiger partial charge in [0.15, 0.2) is 11.6 Å². The van der Waals surface area contributed by atoms with Gasteiger partial charge in [-0.25, -0.2) is 13.9 Å². The summed E-state index contributed by atoms with van der Waals surface area (Å²) in [6.07, 6.45) is -3.34. The number of hydrogen-bond acceptors (Lipinski definition) is 6. The Hall–Kier alpha value is -3.05. The highest BCUT2D eigenvalue weighted by molar-refractivity contribution is 5.68. The van der Waals surface area contributed by atoms with Crippen LogP contribution in [0.5, 0.6) is 11.8 Å². The number of likely N-dealkylation sites (tertiary alicyclic amines) is 1. The van der Waals surface area contributed by atoms with Crippen LogP contribution >= 0.6 is 0 Å². The van der Waals surface area contributed by atoms with Crippen molar-refractivity contribution in [2.24, 2.45) is 11.8 Å². The molecule has 1 aliphatic heterocycles. The number of rotatable bonds is 5. The molecule has 1 N–H and O–H groups in total. The lowest BCUT2D eigenvalue weighted by molar-refractivity contribution is -0.140. The maximum Gasteiger partial charge on any atom is 0.419 e. The Labute approximate surface area is 207 Å². The number of carbonyl (C=O) groups excluding carboxylic acids is 1. The maximum atomic E-state index is 14.5. The van der Waals surface area contributed by atoms with E-state index in [9.17, 15) is 22.4 Å². The summed E-state index contributed by atoms with van der Waals surface area (Å²) in [5.41, 5.74) is -1.99. The number of amides is 1. The Balaban J connectivity index is 1.50. The molecule has 8 nitrogen and oxygen atoms in total. The molecule has 1 aromatic heterocycles. The number of benzene rings is 1. The summed E-state index contributed by atoms with van der Waals surface area (Å²) in [5.74, 6) is -1.54. The second-order valence-electron chi connectivity index (χ2n) is 10.6. The summed E-state index contributed by atoms with van der Waals surface area (Å²) < 4.78 is 66.2. The van der Waals surface area contributed by atoms with Crippen LogP contribution in [-0.2, 0) is 10.9 Å². The summed E-state index contributed by atoms with van der Waals surface area (Å²) in [6.45, 7) is 10.2. The van der Waals surface area contributed by atoms with E-state index in [1.165, 1.54) is 4.68 Å². The Morgan fingerprint density at radius 3 is 2.33 bits per heavy atom. The third-order valence-electron chi connectivity index (χ3n) is 6.34. The molecular weight excluding hydrogens is 482 g/mol. The number of aromatic nitrogens is 3. The van der Waals surface area contributed by atoms with Crippen LogP contribution in [0, 0.1) is 17.7 Å². The van der Waals surface area contributed by atoms with Gasteiger partial charge >= 0.3 is 18.3 Å². The smallest absolute Gasteiger partial charge is 0.419 e. The first-order valence-corrected chi connectivity index (χ1v) is 12.0. The molecule has 36 heavy (non-hydrogen) atoms. The van der Waals surface area contributed by atoms with Crippen molar-refractivity contribution < 1.29 is 31.8 Å². The number of alkyl halides is 3. The quantitative estimate of drug-likeness (QED) is 0.504. The summed E-state index contributed by atoms with van der Waals surface area (Å²) in [5, 5.41) is 7.75. The Bertz CT molecular complexity index is 1100. The zero-order chi connectivity index (χ0) is 26.4. The molecule has 0 unspecified atom stereocenters. The highest BCUT2D eigenvalue weighted by Crippen LogP contribution is 2.40. The maximum absolute atomic E-state index is 14.5. The summed E-state index contributed by atoms with van der Waals surface area (Å²) in [6, 6.07) is 2.48. The van der Waals surface area contributed by atoms with Crippen molar-refractivity contribution >= 4 is 12.0 Å². The van der Waals surface area contributed by atoms with E-state index in [0.717, 1.165) is 25.0 Å². The number of nitrogens with one attached hydrogen (secondary N) is 1. The fourth-order valence-corrected chi connectivity index (χ4v) is 4.77. The molecule has 2 heterocycles. The normalized spacial score (nSPS) is 22.2. The third kappa shape index (κ3) is 5.52. The minimum atomic E-state index is -4.85. The van der Waals surface area contributed by atoms with Crippen molar-refractivity contribution in [2.45, 2.75) is 71.3 Å². The van der Waals surface area contributed by atoms with Crippen LogP contribution in [0.25, 0.3) is 0 Å². The van der Waals surface area contributed by atoms with Crippen molar-refractivity contribution in [1.29, 1.82) is 0 Å². The molecule has 2 fully saturated rings. The van der Waals surface area contributed by atoms with Crippen molar-refractivity contribution in [3.05, 3.63) is 29.6 Å². The molecule has 1 aliphatic carbocycles. The molecule has 2 aromatic rings. The van der Waals surface area contributed by atoms with E-state index in [4.69, 9.17) is 9.47 Å². The zero-order valence-corrected chi connectivity index (χ0v) is 20.9. The van der Waals surface area contributed by atoms with Crippen molar-refractivity contribution in [3.8, 4) is 11.8 Å². The van der Waals surface area contributed by atoms with Crippen LogP contribution in [-0.4, -0.2) is 50.5 Å². The van der Waals surface area contributed by atoms with E-state index >= 15 is 0 Å². The van der Waals surface area contributed by atoms with Crippen LogP contribution in [0.4, 0.5) is 28.3 Å². The lowest BCUT2D eigenvalue weighted by Gasteiger charge is -2.38. The van der Waals surface area contributed by atoms with E-state index in [1.54, 1.807) is 18.7 Å². The molecule has 198 valence electrons. The van der Waals surface area contributed by atoms with Gasteiger partial charge < -0.3 is 19.7 Å². The highest BCUT2D eigenvalue weighted by Gasteiger charge is 2.45. The largest absolute Gasteiger partial charge is 0.444 e. The number of ether oxygens (including phenoxy) is 2. The standard InChI is InChI=1S/C24H31F4N5O3/c1-13(2)33-21(35-17-8-6-7-16(18(17)25)24(26,27)28)30-20(31-33)29-19-14-9-10-15(19)12-32(11-14)22(34)36-23(3,4)5/h6-8,13-15,19H,9-12H2,1-5H3,(H,29,31)/t14-,15+,19-. The van der Waals surface area contributed by atoms with Gasteiger partial charge in [-0.2, -0.15) is 18.2 Å². The van der Waals surface area contributed by atoms with Crippen molar-refractivity contribution in [1.82, 2.24) is 19.7 Å². The lowest BCUT2D eigenvalue weighted by atomic mass is 9.92. The van der Waals surface area contributed by atoms with Gasteiger partial charge in [0.05, 0.1) is 11.6 Å². The highest BCUT2D eigenvalue weighted by atomic mass is 19.4. The Morgan fingerprint density at radius 1 is 1.14 bits per heavy atom. The van der Waals surface area contributed by atoms with Crippen LogP contribution in [0.2, 0.25) is 0 Å². The first kappa shape index (κ1) is 26.0. The number of halogens is 4. The fourth-order valence-electron chi connectivity index (χ4n) is 4.77. The molecule has 2 aliphatic rings. The van der Waals surface area contributed by atoms with Gasteiger partial charge in [-0.15, -0.1) is 5.10 Å². The number of fused-ring (bicyclic) bond motifs is 2. The van der Waals surface area contributed by atoms with Crippen LogP contribution < -0.4 is 10.1 Å². The van der Waals surface area contributed by atoms with Crippen LogP contribution in [0.15, 0.2) is 18.2 Å². The first-order chi connectivity index (χ1) is 16.7. The van der Waals surface area contributed by atoms with Gasteiger partial charge in [0.25, 0.3) is 0 Å². The number of hydrogen-bond donors (Lipinski definition) is 1. The van der Waals surface area contributed by atoms with E-state index in [1.807, 2.05) is 20.8 Å². The first-order valence-electron chi connectivity index (χ1n) is 12.0. The summed E-state index contributed by atoms with van der Waals surface area (Å²) in [4.78, 5) is 18.6. The van der Waals surface area contributed by atoms with Gasteiger partial charge in [-0.1, -0.05) is 6.07 Å². The molecular formula is C24H31F4N5O3. The second kappa shape index (κ2) is 9.44. The summed E-state index contributed by atoms with van der Waals surface area (Å²) >= 11 is 0. The number of nitrogens with zero attached hydrogens (tertiary/aromatic N) is 4. The molecule has 1 amide bonds. The fraction of sp³-hybridized carbons (Fsp3) is 0.625. The average Bonchev–Trinajstić information content (AvgIpc) is 3.23. The van der Waals surface area contributed by atoms with E-state index in [-0.39, 0.29) is 42.0 Å². The predicted octanol–water partition coefficient (Wildman–Crippen LogP) is 5.87. The summed E-state index contributed by atoms with van der Waals surface area (Å²) in [7, 11) is 0. The van der Waals surface area contributed by atoms with Crippen LogP contribution in [0.3, 0.4) is 0 Å². The Kier molecular flexibility index (Phi) is 6.82. The molecule has 1 saturated heterocycles. The van der Waals surface area contributed by atoms with Crippen LogP contribution in [0.1, 0.15) is 59.1 Å². The van der Waals surface area contributed by atoms with E-state index < -0.39 is 28.9 Å². The molecule has 12 heteroatoms. The third-order valence-corrected chi connectivity index (χ3v) is 6.34.